The molecule has 0 aromatic heterocycles. The van der Waals surface area contributed by atoms with Crippen LogP contribution in [0.25, 0.3) is 0 Å². The SMILES string of the molecule is CCCC(=O)Nc1ccc2c(c1)C1C=CCC1C(c1ccc(Br)cc1)N2. The molecule has 1 heterocycles. The van der Waals surface area contributed by atoms with E-state index in [1.54, 1.807) is 0 Å². The number of amides is 1. The van der Waals surface area contributed by atoms with Crippen molar-refractivity contribution < 1.29 is 4.79 Å². The molecule has 1 amide bonds. The fraction of sp³-hybridized carbons (Fsp3) is 0.318. The van der Waals surface area contributed by atoms with Gasteiger partial charge in [0.25, 0.3) is 0 Å². The van der Waals surface area contributed by atoms with Crippen molar-refractivity contribution in [2.75, 3.05) is 10.6 Å². The molecule has 3 atom stereocenters. The molecular weight excluding hydrogens is 388 g/mol. The molecule has 0 saturated carbocycles. The molecule has 1 aliphatic carbocycles. The van der Waals surface area contributed by atoms with Crippen molar-refractivity contribution in [1.29, 1.82) is 0 Å². The van der Waals surface area contributed by atoms with Crippen molar-refractivity contribution in [3.63, 3.8) is 0 Å². The van der Waals surface area contributed by atoms with Gasteiger partial charge < -0.3 is 10.6 Å². The summed E-state index contributed by atoms with van der Waals surface area (Å²) < 4.78 is 1.10. The van der Waals surface area contributed by atoms with Gasteiger partial charge in [0.05, 0.1) is 6.04 Å². The lowest BCUT2D eigenvalue weighted by Crippen LogP contribution is -2.29. The predicted molar refractivity (Wildman–Crippen MR) is 110 cm³/mol. The number of fused-ring (bicyclic) bond motifs is 3. The molecule has 2 aromatic carbocycles. The van der Waals surface area contributed by atoms with Crippen LogP contribution < -0.4 is 10.6 Å². The summed E-state index contributed by atoms with van der Waals surface area (Å²) in [5.74, 6) is 0.982. The maximum Gasteiger partial charge on any atom is 0.224 e. The first-order chi connectivity index (χ1) is 12.7. The number of hydrogen-bond donors (Lipinski definition) is 2. The highest BCUT2D eigenvalue weighted by molar-refractivity contribution is 9.10. The number of hydrogen-bond acceptors (Lipinski definition) is 2. The molecule has 26 heavy (non-hydrogen) atoms. The topological polar surface area (TPSA) is 41.1 Å². The smallest absolute Gasteiger partial charge is 0.224 e. The Labute approximate surface area is 163 Å². The Balaban J connectivity index is 1.64. The fourth-order valence-corrected chi connectivity index (χ4v) is 4.39. The van der Waals surface area contributed by atoms with Crippen molar-refractivity contribution in [2.45, 2.75) is 38.1 Å². The first kappa shape index (κ1) is 17.3. The molecule has 2 aromatic rings. The molecule has 0 bridgehead atoms. The largest absolute Gasteiger partial charge is 0.378 e. The third-order valence-electron chi connectivity index (χ3n) is 5.35. The van der Waals surface area contributed by atoms with Gasteiger partial charge in [0.2, 0.25) is 5.91 Å². The number of rotatable bonds is 4. The number of nitrogens with one attached hydrogen (secondary N) is 2. The Morgan fingerprint density at radius 3 is 2.81 bits per heavy atom. The van der Waals surface area contributed by atoms with Gasteiger partial charge in [0.1, 0.15) is 0 Å². The Kier molecular flexibility index (Phi) is 4.86. The summed E-state index contributed by atoms with van der Waals surface area (Å²) in [4.78, 5) is 11.9. The molecule has 3 unspecified atom stereocenters. The number of carbonyl (C=O) groups excluding carboxylic acids is 1. The van der Waals surface area contributed by atoms with E-state index in [0.29, 0.717) is 24.3 Å². The van der Waals surface area contributed by atoms with Crippen LogP contribution in [0.2, 0.25) is 0 Å². The van der Waals surface area contributed by atoms with Gasteiger partial charge >= 0.3 is 0 Å². The molecular formula is C22H23BrN2O. The molecule has 0 fully saturated rings. The second-order valence-electron chi connectivity index (χ2n) is 7.13. The third-order valence-corrected chi connectivity index (χ3v) is 5.88. The quantitative estimate of drug-likeness (QED) is 0.605. The maximum absolute atomic E-state index is 11.9. The number of benzene rings is 2. The van der Waals surface area contributed by atoms with Crippen molar-refractivity contribution in [3.05, 3.63) is 70.2 Å². The Morgan fingerprint density at radius 2 is 2.04 bits per heavy atom. The van der Waals surface area contributed by atoms with E-state index < -0.39 is 0 Å². The van der Waals surface area contributed by atoms with E-state index in [0.717, 1.165) is 23.0 Å². The second kappa shape index (κ2) is 7.28. The van der Waals surface area contributed by atoms with Crippen LogP contribution in [0.4, 0.5) is 11.4 Å². The molecule has 3 nitrogen and oxygen atoms in total. The minimum Gasteiger partial charge on any atom is -0.378 e. The first-order valence-electron chi connectivity index (χ1n) is 9.28. The number of carbonyl (C=O) groups is 1. The van der Waals surface area contributed by atoms with Crippen LogP contribution in [0.5, 0.6) is 0 Å². The van der Waals surface area contributed by atoms with E-state index in [4.69, 9.17) is 0 Å². The van der Waals surface area contributed by atoms with E-state index in [1.165, 1.54) is 16.8 Å². The predicted octanol–water partition coefficient (Wildman–Crippen LogP) is 6.01. The highest BCUT2D eigenvalue weighted by Crippen LogP contribution is 2.50. The highest BCUT2D eigenvalue weighted by Gasteiger charge is 2.37. The average Bonchev–Trinajstić information content (AvgIpc) is 3.12. The van der Waals surface area contributed by atoms with Gasteiger partial charge in [-0.15, -0.1) is 0 Å². The van der Waals surface area contributed by atoms with Gasteiger partial charge in [0.15, 0.2) is 0 Å². The monoisotopic (exact) mass is 410 g/mol. The van der Waals surface area contributed by atoms with Crippen molar-refractivity contribution in [3.8, 4) is 0 Å². The zero-order valence-electron chi connectivity index (χ0n) is 14.8. The third kappa shape index (κ3) is 3.30. The van der Waals surface area contributed by atoms with Gasteiger partial charge in [-0.2, -0.15) is 0 Å². The van der Waals surface area contributed by atoms with Crippen molar-refractivity contribution in [2.24, 2.45) is 5.92 Å². The van der Waals surface area contributed by atoms with Crippen LogP contribution in [-0.2, 0) is 4.79 Å². The Bertz CT molecular complexity index is 844. The first-order valence-corrected chi connectivity index (χ1v) is 10.1. The normalized spacial score (nSPS) is 23.1. The summed E-state index contributed by atoms with van der Waals surface area (Å²) >= 11 is 3.52. The molecule has 134 valence electrons. The molecule has 1 aliphatic heterocycles. The van der Waals surface area contributed by atoms with E-state index in [-0.39, 0.29) is 5.91 Å². The van der Waals surface area contributed by atoms with Gasteiger partial charge in [-0.3, -0.25) is 4.79 Å². The van der Waals surface area contributed by atoms with E-state index >= 15 is 0 Å². The van der Waals surface area contributed by atoms with Crippen LogP contribution in [0.1, 0.15) is 49.3 Å². The fourth-order valence-electron chi connectivity index (χ4n) is 4.12. The molecule has 4 heteroatoms. The van der Waals surface area contributed by atoms with Crippen LogP contribution in [-0.4, -0.2) is 5.91 Å². The second-order valence-corrected chi connectivity index (χ2v) is 8.04. The Morgan fingerprint density at radius 1 is 1.23 bits per heavy atom. The van der Waals surface area contributed by atoms with Gasteiger partial charge in [-0.25, -0.2) is 0 Å². The highest BCUT2D eigenvalue weighted by atomic mass is 79.9. The zero-order valence-corrected chi connectivity index (χ0v) is 16.4. The lowest BCUT2D eigenvalue weighted by atomic mass is 9.77. The summed E-state index contributed by atoms with van der Waals surface area (Å²) in [5.41, 5.74) is 4.66. The van der Waals surface area contributed by atoms with Crippen LogP contribution in [0.3, 0.4) is 0 Å². The van der Waals surface area contributed by atoms with Crippen LogP contribution in [0, 0.1) is 5.92 Å². The van der Waals surface area contributed by atoms with Crippen LogP contribution >= 0.6 is 15.9 Å². The van der Waals surface area contributed by atoms with Crippen molar-refractivity contribution >= 4 is 33.2 Å². The van der Waals surface area contributed by atoms with Crippen LogP contribution in [0.15, 0.2) is 59.1 Å². The van der Waals surface area contributed by atoms with E-state index in [1.807, 2.05) is 13.0 Å². The molecule has 0 saturated heterocycles. The summed E-state index contributed by atoms with van der Waals surface area (Å²) in [6, 6.07) is 15.1. The van der Waals surface area contributed by atoms with Gasteiger partial charge in [-0.05, 0) is 60.2 Å². The molecule has 0 radical (unpaired) electrons. The number of allylic oxidation sites excluding steroid dienone is 2. The summed E-state index contributed by atoms with van der Waals surface area (Å²) in [6.45, 7) is 2.02. The van der Waals surface area contributed by atoms with E-state index in [2.05, 4.69) is 75.1 Å². The lowest BCUT2D eigenvalue weighted by molar-refractivity contribution is -0.116. The lowest BCUT2D eigenvalue weighted by Gasteiger charge is -2.37. The zero-order chi connectivity index (χ0) is 18.1. The molecule has 4 rings (SSSR count). The number of halogens is 1. The van der Waals surface area contributed by atoms with Crippen molar-refractivity contribution in [1.82, 2.24) is 0 Å². The average molecular weight is 411 g/mol. The van der Waals surface area contributed by atoms with E-state index in [9.17, 15) is 4.79 Å². The summed E-state index contributed by atoms with van der Waals surface area (Å²) in [6.07, 6.45) is 7.12. The van der Waals surface area contributed by atoms with Gasteiger partial charge in [-0.1, -0.05) is 47.1 Å². The molecule has 2 N–H and O–H groups in total. The van der Waals surface area contributed by atoms with Gasteiger partial charge in [0, 0.05) is 28.2 Å². The maximum atomic E-state index is 11.9. The number of anilines is 2. The molecule has 2 aliphatic rings. The summed E-state index contributed by atoms with van der Waals surface area (Å²) in [5, 5.41) is 6.77. The summed E-state index contributed by atoms with van der Waals surface area (Å²) in [7, 11) is 0. The standard InChI is InChI=1S/C22H23BrN2O/c1-2-4-21(26)24-16-11-12-20-19(13-16)17-5-3-6-18(17)22(25-20)14-7-9-15(23)10-8-14/h3,5,7-13,17-18,22,25H,2,4,6H2,1H3,(H,24,26). The minimum atomic E-state index is 0.0856. The molecule has 0 spiro atoms. The Hall–Kier alpha value is -2.07. The minimum absolute atomic E-state index is 0.0856.